The molecule has 16 heavy (non-hydrogen) atoms. The van der Waals surface area contributed by atoms with Crippen LogP contribution in [0, 0.1) is 17.8 Å². The lowest BCUT2D eigenvalue weighted by Crippen LogP contribution is -2.27. The lowest BCUT2D eigenvalue weighted by atomic mass is 9.77. The summed E-state index contributed by atoms with van der Waals surface area (Å²) in [5.41, 5.74) is 1.51. The Morgan fingerprint density at radius 3 is 2.69 bits per heavy atom. The van der Waals surface area contributed by atoms with Gasteiger partial charge in [0, 0.05) is 13.7 Å². The molecule has 0 saturated heterocycles. The second kappa shape index (κ2) is 4.50. The van der Waals surface area contributed by atoms with Crippen LogP contribution < -0.4 is 0 Å². The van der Waals surface area contributed by atoms with Crippen molar-refractivity contribution in [1.82, 2.24) is 0 Å². The van der Waals surface area contributed by atoms with Gasteiger partial charge in [-0.1, -0.05) is 6.08 Å². The van der Waals surface area contributed by atoms with E-state index in [1.54, 1.807) is 7.11 Å². The lowest BCUT2D eigenvalue weighted by molar-refractivity contribution is 0.00495. The topological polar surface area (TPSA) is 18.5 Å². The van der Waals surface area contributed by atoms with Gasteiger partial charge in [0.2, 0.25) is 0 Å². The fraction of sp³-hybridized carbons (Fsp3) is 0.857. The van der Waals surface area contributed by atoms with E-state index >= 15 is 0 Å². The number of fused-ring (bicyclic) bond motifs is 1. The maximum atomic E-state index is 5.84. The van der Waals surface area contributed by atoms with Gasteiger partial charge in [-0.25, -0.2) is 0 Å². The van der Waals surface area contributed by atoms with Crippen molar-refractivity contribution in [2.75, 3.05) is 20.3 Å². The highest BCUT2D eigenvalue weighted by molar-refractivity contribution is 5.25. The molecule has 2 heteroatoms. The Hall–Kier alpha value is -0.340. The maximum Gasteiger partial charge on any atom is 0.0686 e. The van der Waals surface area contributed by atoms with E-state index in [0.29, 0.717) is 0 Å². The molecule has 0 N–H and O–H groups in total. The minimum atomic E-state index is -0.0174. The molecule has 92 valence electrons. The summed E-state index contributed by atoms with van der Waals surface area (Å²) in [7, 11) is 1.80. The SMILES string of the molecule is COCC1CC2C=C(COC(C)(C)C)C2C1. The number of hydrogen-bond donors (Lipinski definition) is 0. The van der Waals surface area contributed by atoms with Gasteiger partial charge in [0.1, 0.15) is 0 Å². The smallest absolute Gasteiger partial charge is 0.0686 e. The summed E-state index contributed by atoms with van der Waals surface area (Å²) < 4.78 is 11.1. The van der Waals surface area contributed by atoms with E-state index in [-0.39, 0.29) is 5.60 Å². The van der Waals surface area contributed by atoms with Crippen LogP contribution >= 0.6 is 0 Å². The van der Waals surface area contributed by atoms with E-state index in [9.17, 15) is 0 Å². The first-order valence-electron chi connectivity index (χ1n) is 6.33. The zero-order valence-electron chi connectivity index (χ0n) is 11.0. The van der Waals surface area contributed by atoms with Crippen LogP contribution in [0.4, 0.5) is 0 Å². The van der Waals surface area contributed by atoms with E-state index in [1.807, 2.05) is 0 Å². The monoisotopic (exact) mass is 224 g/mol. The highest BCUT2D eigenvalue weighted by Gasteiger charge is 2.41. The number of allylic oxidation sites excluding steroid dienone is 1. The first-order chi connectivity index (χ1) is 7.49. The minimum Gasteiger partial charge on any atom is -0.384 e. The summed E-state index contributed by atoms with van der Waals surface area (Å²) in [6.45, 7) is 8.10. The molecular weight excluding hydrogens is 200 g/mol. The van der Waals surface area contributed by atoms with Gasteiger partial charge in [-0.2, -0.15) is 0 Å². The average Bonchev–Trinajstić information content (AvgIpc) is 2.44. The van der Waals surface area contributed by atoms with Gasteiger partial charge >= 0.3 is 0 Å². The van der Waals surface area contributed by atoms with Crippen molar-refractivity contribution in [1.29, 1.82) is 0 Å². The van der Waals surface area contributed by atoms with Crippen LogP contribution in [0.2, 0.25) is 0 Å². The Kier molecular flexibility index (Phi) is 3.41. The van der Waals surface area contributed by atoms with Gasteiger partial charge in [0.25, 0.3) is 0 Å². The number of hydrogen-bond acceptors (Lipinski definition) is 2. The molecule has 1 saturated carbocycles. The molecule has 0 radical (unpaired) electrons. The van der Waals surface area contributed by atoms with Gasteiger partial charge in [0.05, 0.1) is 12.2 Å². The Morgan fingerprint density at radius 1 is 1.31 bits per heavy atom. The van der Waals surface area contributed by atoms with Crippen LogP contribution in [0.1, 0.15) is 33.6 Å². The Labute approximate surface area is 99.0 Å². The van der Waals surface area contributed by atoms with E-state index in [1.165, 1.54) is 18.4 Å². The third-order valence-corrected chi connectivity index (χ3v) is 3.69. The summed E-state index contributed by atoms with van der Waals surface area (Å²) >= 11 is 0. The molecule has 0 aromatic heterocycles. The van der Waals surface area contributed by atoms with Crippen molar-refractivity contribution in [3.63, 3.8) is 0 Å². The Bertz CT molecular complexity index is 275. The summed E-state index contributed by atoms with van der Waals surface area (Å²) in [4.78, 5) is 0. The van der Waals surface area contributed by atoms with Crippen molar-refractivity contribution in [3.05, 3.63) is 11.6 Å². The molecule has 0 aliphatic heterocycles. The van der Waals surface area contributed by atoms with Gasteiger partial charge in [-0.3, -0.25) is 0 Å². The molecule has 3 unspecified atom stereocenters. The van der Waals surface area contributed by atoms with Gasteiger partial charge in [-0.05, 0) is 56.9 Å². The average molecular weight is 224 g/mol. The highest BCUT2D eigenvalue weighted by atomic mass is 16.5. The number of ether oxygens (including phenoxy) is 2. The summed E-state index contributed by atoms with van der Waals surface area (Å²) in [5, 5.41) is 0. The molecule has 0 aromatic rings. The Morgan fingerprint density at radius 2 is 2.06 bits per heavy atom. The molecule has 0 aromatic carbocycles. The molecule has 0 bridgehead atoms. The molecule has 3 atom stereocenters. The van der Waals surface area contributed by atoms with E-state index in [2.05, 4.69) is 26.8 Å². The van der Waals surface area contributed by atoms with Crippen molar-refractivity contribution in [2.24, 2.45) is 17.8 Å². The summed E-state index contributed by atoms with van der Waals surface area (Å²) in [5.74, 6) is 2.38. The predicted octanol–water partition coefficient (Wildman–Crippen LogP) is 3.03. The normalized spacial score (nSPS) is 33.2. The van der Waals surface area contributed by atoms with Crippen molar-refractivity contribution in [2.45, 2.75) is 39.2 Å². The van der Waals surface area contributed by atoms with Crippen molar-refractivity contribution >= 4 is 0 Å². The minimum absolute atomic E-state index is 0.0174. The fourth-order valence-electron chi connectivity index (χ4n) is 2.90. The van der Waals surface area contributed by atoms with Gasteiger partial charge in [0.15, 0.2) is 0 Å². The standard InChI is InChI=1S/C14H24O2/c1-14(2,3)16-9-12-7-11-5-10(8-15-4)6-13(11)12/h7,10-11,13H,5-6,8-9H2,1-4H3. The van der Waals surface area contributed by atoms with E-state index in [0.717, 1.165) is 31.0 Å². The highest BCUT2D eigenvalue weighted by Crippen LogP contribution is 2.48. The molecule has 0 heterocycles. The molecular formula is C14H24O2. The zero-order chi connectivity index (χ0) is 11.8. The zero-order valence-corrected chi connectivity index (χ0v) is 11.0. The fourth-order valence-corrected chi connectivity index (χ4v) is 2.90. The molecule has 2 nitrogen and oxygen atoms in total. The van der Waals surface area contributed by atoms with Gasteiger partial charge in [-0.15, -0.1) is 0 Å². The molecule has 0 spiro atoms. The quantitative estimate of drug-likeness (QED) is 0.683. The summed E-state index contributed by atoms with van der Waals surface area (Å²) in [6.07, 6.45) is 5.04. The first kappa shape index (κ1) is 12.1. The van der Waals surface area contributed by atoms with Crippen LogP contribution in [0.3, 0.4) is 0 Å². The largest absolute Gasteiger partial charge is 0.384 e. The molecule has 0 amide bonds. The van der Waals surface area contributed by atoms with Crippen LogP contribution in [-0.2, 0) is 9.47 Å². The molecule has 2 rings (SSSR count). The second-order valence-corrected chi connectivity index (χ2v) is 6.21. The van der Waals surface area contributed by atoms with Crippen molar-refractivity contribution < 1.29 is 9.47 Å². The van der Waals surface area contributed by atoms with Crippen molar-refractivity contribution in [3.8, 4) is 0 Å². The predicted molar refractivity (Wildman–Crippen MR) is 65.4 cm³/mol. The Balaban J connectivity index is 1.78. The maximum absolute atomic E-state index is 5.84. The van der Waals surface area contributed by atoms with Gasteiger partial charge < -0.3 is 9.47 Å². The molecule has 1 fully saturated rings. The first-order valence-corrected chi connectivity index (χ1v) is 6.33. The number of rotatable bonds is 4. The molecule has 2 aliphatic rings. The van der Waals surface area contributed by atoms with Crippen LogP contribution in [0.5, 0.6) is 0 Å². The molecule has 2 aliphatic carbocycles. The third-order valence-electron chi connectivity index (χ3n) is 3.69. The van der Waals surface area contributed by atoms with E-state index in [4.69, 9.17) is 9.47 Å². The third kappa shape index (κ3) is 2.67. The van der Waals surface area contributed by atoms with Crippen LogP contribution in [0.15, 0.2) is 11.6 Å². The number of methoxy groups -OCH3 is 1. The van der Waals surface area contributed by atoms with Crippen LogP contribution in [0.25, 0.3) is 0 Å². The second-order valence-electron chi connectivity index (χ2n) is 6.21. The van der Waals surface area contributed by atoms with Crippen LogP contribution in [-0.4, -0.2) is 25.9 Å². The van der Waals surface area contributed by atoms with E-state index < -0.39 is 0 Å². The lowest BCUT2D eigenvalue weighted by Gasteiger charge is -2.32. The summed E-state index contributed by atoms with van der Waals surface area (Å²) in [6, 6.07) is 0.